The standard InChI is InChI=1S/C18H15N5O/c1-12(24)21-15-5-2-13(3-6-15)18-19-8-9-23(18)16-7-4-14-11-20-22-17(14)10-16/h2-11H,1H3,(H,20,22)(H,21,24). The van der Waals surface area contributed by atoms with E-state index in [1.807, 2.05) is 53.2 Å². The summed E-state index contributed by atoms with van der Waals surface area (Å²) >= 11 is 0. The number of imidazole rings is 1. The fraction of sp³-hybridized carbons (Fsp3) is 0.0556. The minimum Gasteiger partial charge on any atom is -0.326 e. The maximum atomic E-state index is 11.1. The fourth-order valence-electron chi connectivity index (χ4n) is 2.71. The van der Waals surface area contributed by atoms with Gasteiger partial charge >= 0.3 is 0 Å². The van der Waals surface area contributed by atoms with Gasteiger partial charge < -0.3 is 5.32 Å². The van der Waals surface area contributed by atoms with Crippen molar-refractivity contribution in [2.75, 3.05) is 5.32 Å². The Bertz CT molecular complexity index is 1010. The quantitative estimate of drug-likeness (QED) is 0.608. The molecule has 0 aliphatic carbocycles. The molecule has 2 heterocycles. The molecule has 0 unspecified atom stereocenters. The summed E-state index contributed by atoms with van der Waals surface area (Å²) < 4.78 is 2.02. The molecular weight excluding hydrogens is 302 g/mol. The maximum Gasteiger partial charge on any atom is 0.221 e. The number of carbonyl (C=O) groups is 1. The van der Waals surface area contributed by atoms with Crippen molar-refractivity contribution >= 4 is 22.5 Å². The van der Waals surface area contributed by atoms with E-state index in [2.05, 4.69) is 20.5 Å². The number of carbonyl (C=O) groups excluding carboxylic acids is 1. The van der Waals surface area contributed by atoms with Gasteiger partial charge in [0.05, 0.1) is 11.7 Å². The summed E-state index contributed by atoms with van der Waals surface area (Å²) in [4.78, 5) is 15.6. The van der Waals surface area contributed by atoms with Crippen molar-refractivity contribution in [2.45, 2.75) is 6.92 Å². The molecule has 2 aromatic carbocycles. The van der Waals surface area contributed by atoms with E-state index in [0.717, 1.165) is 33.7 Å². The topological polar surface area (TPSA) is 75.6 Å². The summed E-state index contributed by atoms with van der Waals surface area (Å²) in [7, 11) is 0. The summed E-state index contributed by atoms with van der Waals surface area (Å²) in [6.45, 7) is 1.49. The molecule has 0 fully saturated rings. The van der Waals surface area contributed by atoms with Crippen molar-refractivity contribution in [3.05, 3.63) is 61.1 Å². The number of aromatic nitrogens is 4. The summed E-state index contributed by atoms with van der Waals surface area (Å²) in [6.07, 6.45) is 5.50. The van der Waals surface area contributed by atoms with Crippen LogP contribution in [0, 0.1) is 0 Å². The average Bonchev–Trinajstić information content (AvgIpc) is 3.23. The highest BCUT2D eigenvalue weighted by molar-refractivity contribution is 5.89. The van der Waals surface area contributed by atoms with E-state index in [0.29, 0.717) is 0 Å². The van der Waals surface area contributed by atoms with Crippen LogP contribution >= 0.6 is 0 Å². The third-order valence-corrected chi connectivity index (χ3v) is 3.81. The first-order valence-electron chi connectivity index (χ1n) is 7.55. The smallest absolute Gasteiger partial charge is 0.221 e. The molecule has 0 radical (unpaired) electrons. The molecule has 6 nitrogen and oxygen atoms in total. The lowest BCUT2D eigenvalue weighted by molar-refractivity contribution is -0.114. The van der Waals surface area contributed by atoms with Crippen molar-refractivity contribution in [2.24, 2.45) is 0 Å². The lowest BCUT2D eigenvalue weighted by Crippen LogP contribution is -2.05. The second kappa shape index (κ2) is 5.66. The van der Waals surface area contributed by atoms with Crippen LogP contribution in [0.2, 0.25) is 0 Å². The molecule has 0 spiro atoms. The second-order valence-electron chi connectivity index (χ2n) is 5.52. The van der Waals surface area contributed by atoms with E-state index in [9.17, 15) is 4.79 Å². The van der Waals surface area contributed by atoms with Gasteiger partial charge in [0.2, 0.25) is 5.91 Å². The van der Waals surface area contributed by atoms with Crippen LogP contribution in [0.25, 0.3) is 28.0 Å². The first-order valence-corrected chi connectivity index (χ1v) is 7.55. The lowest BCUT2D eigenvalue weighted by atomic mass is 10.2. The van der Waals surface area contributed by atoms with E-state index < -0.39 is 0 Å². The number of benzene rings is 2. The third-order valence-electron chi connectivity index (χ3n) is 3.81. The van der Waals surface area contributed by atoms with Gasteiger partial charge in [0.1, 0.15) is 5.82 Å². The predicted molar refractivity (Wildman–Crippen MR) is 93.0 cm³/mol. The molecule has 4 aromatic rings. The van der Waals surface area contributed by atoms with Gasteiger partial charge in [0.25, 0.3) is 0 Å². The summed E-state index contributed by atoms with van der Waals surface area (Å²) in [5, 5.41) is 10.9. The molecule has 1 amide bonds. The van der Waals surface area contributed by atoms with Crippen molar-refractivity contribution in [3.63, 3.8) is 0 Å². The molecule has 0 aliphatic heterocycles. The minimum atomic E-state index is -0.0860. The van der Waals surface area contributed by atoms with Crippen LogP contribution in [-0.2, 0) is 4.79 Å². The molecule has 6 heteroatoms. The zero-order chi connectivity index (χ0) is 16.5. The number of rotatable bonds is 3. The molecule has 0 aliphatic rings. The number of anilines is 1. The number of hydrogen-bond donors (Lipinski definition) is 2. The van der Waals surface area contributed by atoms with Crippen molar-refractivity contribution in [1.29, 1.82) is 0 Å². The SMILES string of the molecule is CC(=O)Nc1ccc(-c2nccn2-c2ccc3cn[nH]c3c2)cc1. The van der Waals surface area contributed by atoms with Gasteiger partial charge in [0, 0.05) is 41.6 Å². The molecular formula is C18H15N5O. The number of H-pyrrole nitrogens is 1. The zero-order valence-electron chi connectivity index (χ0n) is 13.0. The van der Waals surface area contributed by atoms with E-state index in [4.69, 9.17) is 0 Å². The van der Waals surface area contributed by atoms with Gasteiger partial charge in [-0.05, 0) is 42.5 Å². The van der Waals surface area contributed by atoms with Crippen molar-refractivity contribution in [1.82, 2.24) is 19.7 Å². The number of hydrogen-bond acceptors (Lipinski definition) is 3. The van der Waals surface area contributed by atoms with Crippen molar-refractivity contribution in [3.8, 4) is 17.1 Å². The first-order chi connectivity index (χ1) is 11.7. The molecule has 2 N–H and O–H groups in total. The van der Waals surface area contributed by atoms with Gasteiger partial charge in [-0.2, -0.15) is 5.10 Å². The van der Waals surface area contributed by atoms with E-state index >= 15 is 0 Å². The van der Waals surface area contributed by atoms with Crippen molar-refractivity contribution < 1.29 is 4.79 Å². The van der Waals surface area contributed by atoms with Gasteiger partial charge in [-0.15, -0.1) is 0 Å². The highest BCUT2D eigenvalue weighted by Gasteiger charge is 2.09. The predicted octanol–water partition coefficient (Wildman–Crippen LogP) is 3.37. The monoisotopic (exact) mass is 317 g/mol. The molecule has 4 rings (SSSR count). The number of fused-ring (bicyclic) bond motifs is 1. The molecule has 0 saturated carbocycles. The average molecular weight is 317 g/mol. The number of nitrogens with one attached hydrogen (secondary N) is 2. The largest absolute Gasteiger partial charge is 0.326 e. The maximum absolute atomic E-state index is 11.1. The van der Waals surface area contributed by atoms with Crippen LogP contribution in [0.5, 0.6) is 0 Å². The van der Waals surface area contributed by atoms with E-state index in [1.54, 1.807) is 12.4 Å². The summed E-state index contributed by atoms with van der Waals surface area (Å²) in [6, 6.07) is 13.7. The normalized spacial score (nSPS) is 10.9. The third kappa shape index (κ3) is 2.54. The Morgan fingerprint density at radius 1 is 1.17 bits per heavy atom. The van der Waals surface area contributed by atoms with E-state index in [1.165, 1.54) is 6.92 Å². The number of aromatic amines is 1. The van der Waals surface area contributed by atoms with Crippen LogP contribution in [0.15, 0.2) is 61.1 Å². The molecule has 2 aromatic heterocycles. The Labute approximate surface area is 138 Å². The molecule has 24 heavy (non-hydrogen) atoms. The molecule has 0 saturated heterocycles. The van der Waals surface area contributed by atoms with Gasteiger partial charge in [-0.3, -0.25) is 14.5 Å². The van der Waals surface area contributed by atoms with Crippen LogP contribution in [0.4, 0.5) is 5.69 Å². The second-order valence-corrected chi connectivity index (χ2v) is 5.52. The number of amides is 1. The summed E-state index contributed by atoms with van der Waals surface area (Å²) in [5.41, 5.74) is 3.72. The first kappa shape index (κ1) is 14.2. The highest BCUT2D eigenvalue weighted by atomic mass is 16.1. The van der Waals surface area contributed by atoms with Crippen LogP contribution in [0.1, 0.15) is 6.92 Å². The van der Waals surface area contributed by atoms with E-state index in [-0.39, 0.29) is 5.91 Å². The Balaban J connectivity index is 1.72. The highest BCUT2D eigenvalue weighted by Crippen LogP contribution is 2.24. The molecule has 0 bridgehead atoms. The Morgan fingerprint density at radius 2 is 2.00 bits per heavy atom. The van der Waals surface area contributed by atoms with Gasteiger partial charge in [-0.1, -0.05) is 0 Å². The van der Waals surface area contributed by atoms with Gasteiger partial charge in [-0.25, -0.2) is 4.98 Å². The lowest BCUT2D eigenvalue weighted by Gasteiger charge is -2.09. The molecule has 0 atom stereocenters. The van der Waals surface area contributed by atoms with Gasteiger partial charge in [0.15, 0.2) is 0 Å². The Hall–Kier alpha value is -3.41. The molecule has 118 valence electrons. The Morgan fingerprint density at radius 3 is 2.79 bits per heavy atom. The Kier molecular flexibility index (Phi) is 3.35. The van der Waals surface area contributed by atoms with Crippen LogP contribution in [-0.4, -0.2) is 25.7 Å². The fourth-order valence-corrected chi connectivity index (χ4v) is 2.71. The summed E-state index contributed by atoms with van der Waals surface area (Å²) in [5.74, 6) is 0.750. The van der Waals surface area contributed by atoms with Crippen LogP contribution in [0.3, 0.4) is 0 Å². The minimum absolute atomic E-state index is 0.0860. The zero-order valence-corrected chi connectivity index (χ0v) is 13.0. The van der Waals surface area contributed by atoms with Crippen LogP contribution < -0.4 is 5.32 Å². The number of nitrogens with zero attached hydrogens (tertiary/aromatic N) is 3.